The highest BCUT2D eigenvalue weighted by molar-refractivity contribution is 7.81. The van der Waals surface area contributed by atoms with Gasteiger partial charge < -0.3 is 4.98 Å². The van der Waals surface area contributed by atoms with E-state index in [1.165, 1.54) is 10.9 Å². The molecule has 0 aromatic carbocycles. The molecule has 0 aliphatic heterocycles. The summed E-state index contributed by atoms with van der Waals surface area (Å²) in [5, 5.41) is 0. The van der Waals surface area contributed by atoms with Gasteiger partial charge in [0.15, 0.2) is 5.65 Å². The Kier molecular flexibility index (Phi) is 4.58. The highest BCUT2D eigenvalue weighted by Crippen LogP contribution is 1.96. The number of hydrogen-bond donors (Lipinski definition) is 2. The van der Waals surface area contributed by atoms with Crippen LogP contribution in [-0.4, -0.2) is 42.2 Å². The minimum absolute atomic E-state index is 0.317. The second-order valence-corrected chi connectivity index (χ2v) is 4.64. The molecule has 2 N–H and O–H groups in total. The molecule has 0 fully saturated rings. The molecule has 2 rings (SSSR count). The number of fused-ring (bicyclic) bond motifs is 1. The van der Waals surface area contributed by atoms with Crippen LogP contribution in [0, 0.1) is 0 Å². The summed E-state index contributed by atoms with van der Waals surface area (Å²) >= 11 is 0. The van der Waals surface area contributed by atoms with Crippen LogP contribution in [0.5, 0.6) is 0 Å². The van der Waals surface area contributed by atoms with Crippen LogP contribution in [0.1, 0.15) is 0 Å². The van der Waals surface area contributed by atoms with E-state index in [1.54, 1.807) is 7.05 Å². The summed E-state index contributed by atoms with van der Waals surface area (Å²) in [6, 6.07) is 0. The van der Waals surface area contributed by atoms with Crippen LogP contribution in [0.2, 0.25) is 0 Å². The van der Waals surface area contributed by atoms with Crippen LogP contribution >= 0.6 is 0 Å². The lowest BCUT2D eigenvalue weighted by molar-refractivity contribution is 0.286. The summed E-state index contributed by atoms with van der Waals surface area (Å²) in [7, 11) is -0.0611. The molecule has 0 atom stereocenters. The lowest BCUT2D eigenvalue weighted by atomic mass is 10.5. The maximum absolute atomic E-state index is 11.1. The van der Waals surface area contributed by atoms with Crippen molar-refractivity contribution >= 4 is 21.6 Å². The molecule has 2 heterocycles. The maximum Gasteiger partial charge on any atom is 0.399 e. The van der Waals surface area contributed by atoms with Gasteiger partial charge in [0, 0.05) is 7.05 Å². The van der Waals surface area contributed by atoms with E-state index < -0.39 is 21.6 Å². The summed E-state index contributed by atoms with van der Waals surface area (Å²) in [5.74, 6) is 0. The van der Waals surface area contributed by atoms with E-state index in [9.17, 15) is 18.0 Å². The van der Waals surface area contributed by atoms with Gasteiger partial charge in [-0.25, -0.2) is 9.78 Å². The number of nitrogens with one attached hydrogen (secondary N) is 2. The molecule has 0 bridgehead atoms. The van der Waals surface area contributed by atoms with Gasteiger partial charge in [-0.1, -0.05) is 0 Å². The molecule has 2 aromatic rings. The highest BCUT2D eigenvalue weighted by atomic mass is 32.3. The fraction of sp³-hybridized carbons (Fsp3) is 0.375. The fourth-order valence-corrected chi connectivity index (χ4v) is 1.25. The molecule has 106 valence electrons. The van der Waals surface area contributed by atoms with Crippen LogP contribution in [-0.2, 0) is 25.8 Å². The molecule has 2 aromatic heterocycles. The van der Waals surface area contributed by atoms with Crippen molar-refractivity contribution in [1.82, 2.24) is 19.5 Å². The number of aryl methyl sites for hydroxylation is 1. The van der Waals surface area contributed by atoms with Gasteiger partial charge in [-0.3, -0.25) is 22.7 Å². The van der Waals surface area contributed by atoms with Crippen LogP contribution in [0.4, 0.5) is 0 Å². The zero-order valence-electron chi connectivity index (χ0n) is 10.3. The van der Waals surface area contributed by atoms with Gasteiger partial charge >= 0.3 is 16.1 Å². The Balaban J connectivity index is 0.000000224. The van der Waals surface area contributed by atoms with Gasteiger partial charge in [0.1, 0.15) is 5.52 Å². The Labute approximate surface area is 107 Å². The van der Waals surface area contributed by atoms with E-state index in [1.807, 2.05) is 0 Å². The largest absolute Gasteiger partial charge is 0.399 e. The average Bonchev–Trinajstić information content (AvgIpc) is 2.87. The summed E-state index contributed by atoms with van der Waals surface area (Å²) in [5.41, 5.74) is -0.217. The fourth-order valence-electron chi connectivity index (χ4n) is 1.12. The summed E-state index contributed by atoms with van der Waals surface area (Å²) in [4.78, 5) is 30.7. The predicted molar refractivity (Wildman–Crippen MR) is 64.9 cm³/mol. The van der Waals surface area contributed by atoms with Crippen LogP contribution in [0.3, 0.4) is 0 Å². The van der Waals surface area contributed by atoms with Crippen molar-refractivity contribution in [3.8, 4) is 0 Å². The molecule has 0 spiro atoms. The van der Waals surface area contributed by atoms with E-state index in [0.717, 1.165) is 14.2 Å². The molecule has 0 amide bonds. The molecule has 0 saturated heterocycles. The molecular weight excluding hydrogens is 280 g/mol. The molecule has 0 unspecified atom stereocenters. The van der Waals surface area contributed by atoms with Gasteiger partial charge in [-0.2, -0.15) is 8.42 Å². The Morgan fingerprint density at radius 2 is 1.84 bits per heavy atom. The maximum atomic E-state index is 11.1. The number of rotatable bonds is 2. The van der Waals surface area contributed by atoms with E-state index >= 15 is 0 Å². The van der Waals surface area contributed by atoms with Crippen molar-refractivity contribution in [3.05, 3.63) is 27.2 Å². The Hall–Kier alpha value is -1.98. The number of imidazole rings is 1. The zero-order chi connectivity index (χ0) is 14.6. The minimum Gasteiger partial charge on any atom is -0.339 e. The van der Waals surface area contributed by atoms with Gasteiger partial charge in [0.05, 0.1) is 20.5 Å². The van der Waals surface area contributed by atoms with E-state index in [-0.39, 0.29) is 0 Å². The zero-order valence-corrected chi connectivity index (χ0v) is 11.1. The van der Waals surface area contributed by atoms with Crippen LogP contribution in [0.15, 0.2) is 15.9 Å². The summed E-state index contributed by atoms with van der Waals surface area (Å²) in [6.45, 7) is 0. The first kappa shape index (κ1) is 15.1. The molecule has 0 aliphatic carbocycles. The van der Waals surface area contributed by atoms with Crippen LogP contribution < -0.4 is 11.2 Å². The van der Waals surface area contributed by atoms with Crippen LogP contribution in [0.25, 0.3) is 11.2 Å². The smallest absolute Gasteiger partial charge is 0.339 e. The summed E-state index contributed by atoms with van der Waals surface area (Å²) in [6.07, 6.45) is 1.37. The SMILES string of the molecule is COS(=O)(=O)OC.Cn1c(=O)[nH]c(=O)c2[nH]cnc21. The van der Waals surface area contributed by atoms with Crippen molar-refractivity contribution in [3.63, 3.8) is 0 Å². The molecule has 0 radical (unpaired) electrons. The number of nitrogens with zero attached hydrogens (tertiary/aromatic N) is 2. The first-order chi connectivity index (χ1) is 8.82. The van der Waals surface area contributed by atoms with Crippen molar-refractivity contribution in [2.24, 2.45) is 7.05 Å². The third-order valence-electron chi connectivity index (χ3n) is 2.10. The van der Waals surface area contributed by atoms with Crippen molar-refractivity contribution in [2.75, 3.05) is 14.2 Å². The Bertz CT molecular complexity index is 760. The Morgan fingerprint density at radius 1 is 1.26 bits per heavy atom. The normalized spacial score (nSPS) is 11.1. The van der Waals surface area contributed by atoms with Gasteiger partial charge in [0.2, 0.25) is 0 Å². The third kappa shape index (κ3) is 3.49. The van der Waals surface area contributed by atoms with E-state index in [2.05, 4.69) is 23.3 Å². The Morgan fingerprint density at radius 3 is 2.32 bits per heavy atom. The lowest BCUT2D eigenvalue weighted by Crippen LogP contribution is -2.28. The lowest BCUT2D eigenvalue weighted by Gasteiger charge is -1.94. The summed E-state index contributed by atoms with van der Waals surface area (Å²) < 4.78 is 28.8. The first-order valence-corrected chi connectivity index (χ1v) is 6.14. The topological polar surface area (TPSA) is 136 Å². The quantitative estimate of drug-likeness (QED) is 0.685. The molecule has 10 nitrogen and oxygen atoms in total. The second kappa shape index (κ2) is 5.77. The molecule has 0 saturated carbocycles. The standard InChI is InChI=1S/C6H6N4O2.C2H6O4S/c1-10-4-3(7-2-8-4)5(11)9-6(10)12;1-5-7(3,4)6-2/h2H,1H3,(H,7,8)(H,9,11,12);1-2H3. The minimum atomic E-state index is -3.66. The third-order valence-corrected chi connectivity index (χ3v) is 2.91. The number of aromatic amines is 2. The van der Waals surface area contributed by atoms with Gasteiger partial charge in [-0.15, -0.1) is 0 Å². The monoisotopic (exact) mass is 292 g/mol. The average molecular weight is 292 g/mol. The molecular formula is C8H12N4O6S. The second-order valence-electron chi connectivity index (χ2n) is 3.16. The van der Waals surface area contributed by atoms with E-state index in [4.69, 9.17) is 0 Å². The number of hydrogen-bond acceptors (Lipinski definition) is 7. The van der Waals surface area contributed by atoms with E-state index in [0.29, 0.717) is 11.2 Å². The molecule has 19 heavy (non-hydrogen) atoms. The van der Waals surface area contributed by atoms with Crippen molar-refractivity contribution in [2.45, 2.75) is 0 Å². The number of aromatic nitrogens is 4. The van der Waals surface area contributed by atoms with Gasteiger partial charge in [0.25, 0.3) is 5.56 Å². The van der Waals surface area contributed by atoms with Crippen molar-refractivity contribution < 1.29 is 16.8 Å². The molecule has 11 heteroatoms. The van der Waals surface area contributed by atoms with Crippen molar-refractivity contribution in [1.29, 1.82) is 0 Å². The number of H-pyrrole nitrogens is 2. The predicted octanol–water partition coefficient (Wildman–Crippen LogP) is -1.53. The highest BCUT2D eigenvalue weighted by Gasteiger charge is 2.04. The van der Waals surface area contributed by atoms with Gasteiger partial charge in [-0.05, 0) is 0 Å². The molecule has 0 aliphatic rings. The first-order valence-electron chi connectivity index (χ1n) is 4.81.